The van der Waals surface area contributed by atoms with Crippen molar-refractivity contribution in [3.63, 3.8) is 0 Å². The average Bonchev–Trinajstić information content (AvgIpc) is 3.83. The highest BCUT2D eigenvalue weighted by Gasteiger charge is 2.30. The largest absolute Gasteiger partial charge is 0.321 e. The minimum Gasteiger partial charge on any atom is -0.321 e. The normalized spacial score (nSPS) is 13.1. The van der Waals surface area contributed by atoms with Crippen LogP contribution in [0.1, 0.15) is 16.7 Å². The first-order valence-corrected chi connectivity index (χ1v) is 16.4. The lowest BCUT2D eigenvalue weighted by atomic mass is 10.0. The van der Waals surface area contributed by atoms with E-state index in [2.05, 4.69) is 143 Å². The first-order valence-electron chi connectivity index (χ1n) is 16.4. The lowest BCUT2D eigenvalue weighted by Gasteiger charge is -2.25. The van der Waals surface area contributed by atoms with Crippen molar-refractivity contribution in [2.24, 2.45) is 0 Å². The van der Waals surface area contributed by atoms with Crippen LogP contribution in [0.4, 0.5) is 22.7 Å². The second kappa shape index (κ2) is 9.93. The number of imidazole rings is 1. The predicted molar refractivity (Wildman–Crippen MR) is 199 cm³/mol. The molecule has 10 rings (SSSR count). The van der Waals surface area contributed by atoms with Gasteiger partial charge in [0.05, 0.1) is 33.4 Å². The molecule has 0 fully saturated rings. The number of nitrogens with zero attached hydrogens (tertiary/aromatic N) is 6. The maximum atomic E-state index is 4.80. The quantitative estimate of drug-likeness (QED) is 0.184. The molecule has 9 aromatic rings. The molecule has 0 aliphatic carbocycles. The van der Waals surface area contributed by atoms with Crippen LogP contribution in [0.5, 0.6) is 0 Å². The summed E-state index contributed by atoms with van der Waals surface area (Å²) in [5.74, 6) is 0. The highest BCUT2D eigenvalue weighted by molar-refractivity contribution is 6.13. The lowest BCUT2D eigenvalue weighted by molar-refractivity contribution is 0.979. The lowest BCUT2D eigenvalue weighted by Crippen LogP contribution is -2.25. The smallest absolute Gasteiger partial charge is 0.145 e. The average molecular weight is 621 g/mol. The van der Waals surface area contributed by atoms with E-state index < -0.39 is 0 Å². The van der Waals surface area contributed by atoms with Crippen LogP contribution in [0.25, 0.3) is 54.9 Å². The Kier molecular flexibility index (Phi) is 5.59. The zero-order valence-electron chi connectivity index (χ0n) is 27.0. The van der Waals surface area contributed by atoms with Gasteiger partial charge < -0.3 is 14.4 Å². The van der Waals surface area contributed by atoms with Crippen LogP contribution in [0.2, 0.25) is 0 Å². The third-order valence-electron chi connectivity index (χ3n) is 10.1. The molecule has 0 N–H and O–H groups in total. The Bertz CT molecular complexity index is 2750. The number of aromatic nitrogens is 4. The van der Waals surface area contributed by atoms with E-state index >= 15 is 0 Å². The van der Waals surface area contributed by atoms with Gasteiger partial charge in [0, 0.05) is 57.2 Å². The van der Waals surface area contributed by atoms with Crippen molar-refractivity contribution in [1.29, 1.82) is 0 Å². The minimum absolute atomic E-state index is 0.740. The highest BCUT2D eigenvalue weighted by Crippen LogP contribution is 2.47. The molecule has 5 heterocycles. The number of anilines is 4. The van der Waals surface area contributed by atoms with Gasteiger partial charge in [-0.1, -0.05) is 54.1 Å². The SMILES string of the molecule is Cc1cc(C)c(N2CN(c3ccc4c5ccccc5n(-c5ccc6c(c5)c5nccn5c5cccnc65)c4c3)c3ccccc32)c(C)c1. The van der Waals surface area contributed by atoms with Gasteiger partial charge in [0.2, 0.25) is 0 Å². The fraction of sp³-hybridized carbons (Fsp3) is 0.0952. The first-order chi connectivity index (χ1) is 23.5. The summed E-state index contributed by atoms with van der Waals surface area (Å²) in [4.78, 5) is 14.5. The van der Waals surface area contributed by atoms with Crippen LogP contribution in [0.15, 0.2) is 128 Å². The van der Waals surface area contributed by atoms with Gasteiger partial charge in [-0.05, 0) is 92.6 Å². The van der Waals surface area contributed by atoms with Crippen molar-refractivity contribution >= 4 is 72.0 Å². The molecule has 6 heteroatoms. The number of rotatable bonds is 3. The van der Waals surface area contributed by atoms with Crippen LogP contribution < -0.4 is 9.80 Å². The molecule has 0 spiro atoms. The van der Waals surface area contributed by atoms with Gasteiger partial charge in [-0.25, -0.2) is 4.98 Å². The van der Waals surface area contributed by atoms with E-state index in [1.807, 2.05) is 24.7 Å². The van der Waals surface area contributed by atoms with Gasteiger partial charge in [0.1, 0.15) is 12.3 Å². The Hall–Kier alpha value is -6.14. The molecule has 1 aliphatic rings. The summed E-state index contributed by atoms with van der Waals surface area (Å²) in [5.41, 5.74) is 15.2. The number of aryl methyl sites for hydroxylation is 3. The molecule has 0 saturated carbocycles. The number of hydrogen-bond acceptors (Lipinski definition) is 4. The molecule has 1 aliphatic heterocycles. The number of fused-ring (bicyclic) bond motifs is 10. The fourth-order valence-corrected chi connectivity index (χ4v) is 8.19. The van der Waals surface area contributed by atoms with Crippen molar-refractivity contribution in [2.45, 2.75) is 20.8 Å². The molecule has 0 saturated heterocycles. The van der Waals surface area contributed by atoms with Crippen molar-refractivity contribution in [2.75, 3.05) is 16.5 Å². The molecule has 0 bridgehead atoms. The third kappa shape index (κ3) is 3.74. The molecule has 0 radical (unpaired) electrons. The van der Waals surface area contributed by atoms with Gasteiger partial charge in [-0.3, -0.25) is 9.38 Å². The Morgan fingerprint density at radius 2 is 1.25 bits per heavy atom. The van der Waals surface area contributed by atoms with Crippen molar-refractivity contribution in [1.82, 2.24) is 18.9 Å². The summed E-state index contributed by atoms with van der Waals surface area (Å²) in [6.07, 6.45) is 5.76. The Morgan fingerprint density at radius 1 is 0.542 bits per heavy atom. The van der Waals surface area contributed by atoms with E-state index in [1.54, 1.807) is 0 Å². The molecular weight excluding hydrogens is 589 g/mol. The second-order valence-corrected chi connectivity index (χ2v) is 13.0. The monoisotopic (exact) mass is 620 g/mol. The van der Waals surface area contributed by atoms with Crippen LogP contribution in [0, 0.1) is 20.8 Å². The van der Waals surface area contributed by atoms with E-state index in [0.717, 1.165) is 45.5 Å². The first kappa shape index (κ1) is 27.0. The van der Waals surface area contributed by atoms with E-state index in [9.17, 15) is 0 Å². The van der Waals surface area contributed by atoms with Gasteiger partial charge in [-0.2, -0.15) is 0 Å². The molecule has 0 atom stereocenters. The van der Waals surface area contributed by atoms with Crippen LogP contribution in [-0.4, -0.2) is 25.6 Å². The maximum Gasteiger partial charge on any atom is 0.145 e. The van der Waals surface area contributed by atoms with Crippen LogP contribution >= 0.6 is 0 Å². The van der Waals surface area contributed by atoms with Gasteiger partial charge in [-0.15, -0.1) is 0 Å². The highest BCUT2D eigenvalue weighted by atomic mass is 15.4. The number of pyridine rings is 2. The van der Waals surface area contributed by atoms with Crippen molar-refractivity contribution < 1.29 is 0 Å². The Morgan fingerprint density at radius 3 is 2.10 bits per heavy atom. The molecule has 0 amide bonds. The minimum atomic E-state index is 0.740. The molecule has 4 aromatic heterocycles. The fourth-order valence-electron chi connectivity index (χ4n) is 8.19. The second-order valence-electron chi connectivity index (χ2n) is 13.0. The molecule has 6 nitrogen and oxygen atoms in total. The molecule has 0 unspecified atom stereocenters. The summed E-state index contributed by atoms with van der Waals surface area (Å²) in [6, 6.07) is 39.8. The summed E-state index contributed by atoms with van der Waals surface area (Å²) < 4.78 is 4.55. The third-order valence-corrected chi connectivity index (χ3v) is 10.1. The van der Waals surface area contributed by atoms with E-state index in [-0.39, 0.29) is 0 Å². The Labute approximate surface area is 277 Å². The van der Waals surface area contributed by atoms with Crippen molar-refractivity contribution in [3.8, 4) is 5.69 Å². The van der Waals surface area contributed by atoms with E-state index in [4.69, 9.17) is 9.97 Å². The summed E-state index contributed by atoms with van der Waals surface area (Å²) in [5, 5.41) is 4.65. The van der Waals surface area contributed by atoms with Gasteiger partial charge >= 0.3 is 0 Å². The van der Waals surface area contributed by atoms with Crippen LogP contribution in [0.3, 0.4) is 0 Å². The summed E-state index contributed by atoms with van der Waals surface area (Å²) in [7, 11) is 0. The molecule has 48 heavy (non-hydrogen) atoms. The standard InChI is InChI=1S/C42H32N6/c1-26-21-27(2)41(28(3)22-26)47-25-46(36-11-6-7-12-37(36)47)29-14-16-32-31-9-4-5-10-35(31)48(39(32)24-29)30-15-17-33-34(23-30)42-44-19-20-45(42)38-13-8-18-43-40(33)38/h4-24H,25H2,1-3H3. The zero-order valence-corrected chi connectivity index (χ0v) is 27.0. The number of benzene rings is 5. The van der Waals surface area contributed by atoms with Crippen LogP contribution in [-0.2, 0) is 0 Å². The molecular formula is C42H32N6. The molecule has 230 valence electrons. The number of para-hydroxylation sites is 3. The van der Waals surface area contributed by atoms with Gasteiger partial charge in [0.25, 0.3) is 0 Å². The predicted octanol–water partition coefficient (Wildman–Crippen LogP) is 10.3. The Balaban J connectivity index is 1.18. The maximum absolute atomic E-state index is 4.80. The number of hydrogen-bond donors (Lipinski definition) is 0. The topological polar surface area (TPSA) is 41.6 Å². The molecule has 5 aromatic carbocycles. The van der Waals surface area contributed by atoms with Gasteiger partial charge in [0.15, 0.2) is 0 Å². The zero-order chi connectivity index (χ0) is 32.1. The van der Waals surface area contributed by atoms with E-state index in [1.165, 1.54) is 55.6 Å². The van der Waals surface area contributed by atoms with Crippen molar-refractivity contribution in [3.05, 3.63) is 144 Å². The summed E-state index contributed by atoms with van der Waals surface area (Å²) in [6.45, 7) is 7.37. The summed E-state index contributed by atoms with van der Waals surface area (Å²) >= 11 is 0. The van der Waals surface area contributed by atoms with E-state index in [0.29, 0.717) is 0 Å².